The number of pyridine rings is 1. The van der Waals surface area contributed by atoms with E-state index < -0.39 is 15.8 Å². The van der Waals surface area contributed by atoms with Gasteiger partial charge in [0.05, 0.1) is 17.1 Å². The van der Waals surface area contributed by atoms with E-state index in [9.17, 15) is 17.6 Å². The maximum absolute atomic E-state index is 13.7. The van der Waals surface area contributed by atoms with Gasteiger partial charge in [0, 0.05) is 18.0 Å². The van der Waals surface area contributed by atoms with Gasteiger partial charge >= 0.3 is 0 Å². The molecule has 0 aliphatic rings. The normalized spacial score (nSPS) is 11.2. The molecule has 2 aromatic carbocycles. The number of benzene rings is 2. The van der Waals surface area contributed by atoms with Crippen molar-refractivity contribution < 1.29 is 17.6 Å². The van der Waals surface area contributed by atoms with Gasteiger partial charge in [-0.15, -0.1) is 0 Å². The molecule has 0 aliphatic carbocycles. The molecule has 0 N–H and O–H groups in total. The van der Waals surface area contributed by atoms with E-state index in [0.29, 0.717) is 11.1 Å². The number of carbonyl (C=O) groups is 1. The number of anilines is 1. The molecule has 3 rings (SSSR count). The van der Waals surface area contributed by atoms with Gasteiger partial charge in [-0.3, -0.25) is 14.1 Å². The lowest BCUT2D eigenvalue weighted by Gasteiger charge is -2.24. The van der Waals surface area contributed by atoms with Crippen molar-refractivity contribution in [2.45, 2.75) is 18.4 Å². The Morgan fingerprint density at radius 3 is 2.41 bits per heavy atom. The fourth-order valence-electron chi connectivity index (χ4n) is 2.59. The molecule has 0 atom stereocenters. The molecule has 7 heteroatoms. The van der Waals surface area contributed by atoms with E-state index in [-0.39, 0.29) is 22.9 Å². The number of Topliss-reactive ketones (excluding diaryl/α,β-unsaturated/α-hetero) is 1. The van der Waals surface area contributed by atoms with Crippen LogP contribution in [0.3, 0.4) is 0 Å². The highest BCUT2D eigenvalue weighted by Gasteiger charge is 2.25. The molecule has 0 fully saturated rings. The van der Waals surface area contributed by atoms with Crippen LogP contribution in [0, 0.1) is 5.82 Å². The minimum absolute atomic E-state index is 0.00587. The maximum Gasteiger partial charge on any atom is 0.264 e. The summed E-state index contributed by atoms with van der Waals surface area (Å²) < 4.78 is 41.3. The molecule has 0 unspecified atom stereocenters. The van der Waals surface area contributed by atoms with Gasteiger partial charge in [0.15, 0.2) is 5.78 Å². The SMILES string of the molecule is CC(=O)c1ccc(S(=O)(=O)N(Cc2cccnc2)c2cccc(F)c2)cc1. The number of halogens is 1. The van der Waals surface area contributed by atoms with Crippen LogP contribution in [0.1, 0.15) is 22.8 Å². The Labute approximate surface area is 157 Å². The summed E-state index contributed by atoms with van der Waals surface area (Å²) in [6.07, 6.45) is 3.14. The Hall–Kier alpha value is -3.06. The van der Waals surface area contributed by atoms with Crippen LogP contribution in [-0.2, 0) is 16.6 Å². The Morgan fingerprint density at radius 2 is 1.81 bits per heavy atom. The average Bonchev–Trinajstić information content (AvgIpc) is 2.67. The van der Waals surface area contributed by atoms with Crippen LogP contribution in [0.25, 0.3) is 0 Å². The van der Waals surface area contributed by atoms with E-state index in [1.807, 2.05) is 0 Å². The topological polar surface area (TPSA) is 67.3 Å². The minimum atomic E-state index is -3.98. The largest absolute Gasteiger partial charge is 0.295 e. The molecule has 0 aliphatic heterocycles. The predicted octanol–water partition coefficient (Wildman–Crippen LogP) is 3.82. The van der Waals surface area contributed by atoms with Crippen LogP contribution in [-0.4, -0.2) is 19.2 Å². The number of hydrogen-bond donors (Lipinski definition) is 0. The van der Waals surface area contributed by atoms with Gasteiger partial charge in [0.2, 0.25) is 0 Å². The number of ketones is 1. The Morgan fingerprint density at radius 1 is 1.07 bits per heavy atom. The molecular weight excluding hydrogens is 367 g/mol. The Bertz CT molecular complexity index is 1050. The van der Waals surface area contributed by atoms with Gasteiger partial charge < -0.3 is 0 Å². The third-order valence-electron chi connectivity index (χ3n) is 3.99. The van der Waals surface area contributed by atoms with Gasteiger partial charge in [0.1, 0.15) is 5.82 Å². The van der Waals surface area contributed by atoms with Crippen LogP contribution in [0.2, 0.25) is 0 Å². The Balaban J connectivity index is 2.06. The second-order valence-electron chi connectivity index (χ2n) is 5.93. The zero-order chi connectivity index (χ0) is 19.4. The number of aromatic nitrogens is 1. The van der Waals surface area contributed by atoms with Crippen molar-refractivity contribution in [3.63, 3.8) is 0 Å². The van der Waals surface area contributed by atoms with E-state index in [2.05, 4.69) is 4.98 Å². The van der Waals surface area contributed by atoms with Gasteiger partial charge in [0.25, 0.3) is 10.0 Å². The van der Waals surface area contributed by atoms with E-state index in [4.69, 9.17) is 0 Å². The highest BCUT2D eigenvalue weighted by atomic mass is 32.2. The second-order valence-corrected chi connectivity index (χ2v) is 7.80. The van der Waals surface area contributed by atoms with Crippen LogP contribution in [0.15, 0.2) is 78.0 Å². The standard InChI is InChI=1S/C20H17FN2O3S/c1-15(24)17-7-9-20(10-8-17)27(25,26)23(14-16-4-3-11-22-13-16)19-6-2-5-18(21)12-19/h2-13H,14H2,1H3. The van der Waals surface area contributed by atoms with Gasteiger partial charge in [-0.2, -0.15) is 0 Å². The smallest absolute Gasteiger partial charge is 0.264 e. The van der Waals surface area contributed by atoms with Crippen molar-refractivity contribution >= 4 is 21.5 Å². The lowest BCUT2D eigenvalue weighted by molar-refractivity contribution is 0.101. The molecule has 0 saturated carbocycles. The van der Waals surface area contributed by atoms with Crippen molar-refractivity contribution in [3.05, 3.63) is 90.0 Å². The van der Waals surface area contributed by atoms with Crippen LogP contribution in [0.4, 0.5) is 10.1 Å². The molecule has 1 heterocycles. The first-order valence-corrected chi connectivity index (χ1v) is 9.60. The van der Waals surface area contributed by atoms with Crippen LogP contribution >= 0.6 is 0 Å². The van der Waals surface area contributed by atoms with Crippen molar-refractivity contribution in [2.75, 3.05) is 4.31 Å². The molecule has 0 saturated heterocycles. The number of nitrogens with zero attached hydrogens (tertiary/aromatic N) is 2. The third kappa shape index (κ3) is 4.20. The van der Waals surface area contributed by atoms with Gasteiger partial charge in [-0.25, -0.2) is 12.8 Å². The molecular formula is C20H17FN2O3S. The van der Waals surface area contributed by atoms with Crippen molar-refractivity contribution in [3.8, 4) is 0 Å². The summed E-state index contributed by atoms with van der Waals surface area (Å²) in [5, 5.41) is 0. The summed E-state index contributed by atoms with van der Waals surface area (Å²) >= 11 is 0. The fourth-order valence-corrected chi connectivity index (χ4v) is 4.04. The summed E-state index contributed by atoms with van der Waals surface area (Å²) in [6.45, 7) is 1.40. The quantitative estimate of drug-likeness (QED) is 0.606. The molecule has 27 heavy (non-hydrogen) atoms. The lowest BCUT2D eigenvalue weighted by atomic mass is 10.2. The molecule has 3 aromatic rings. The molecule has 1 aromatic heterocycles. The van der Waals surface area contributed by atoms with Crippen molar-refractivity contribution in [2.24, 2.45) is 0 Å². The number of hydrogen-bond acceptors (Lipinski definition) is 4. The first-order valence-electron chi connectivity index (χ1n) is 8.16. The highest BCUT2D eigenvalue weighted by Crippen LogP contribution is 2.26. The highest BCUT2D eigenvalue weighted by molar-refractivity contribution is 7.92. The van der Waals surface area contributed by atoms with E-state index in [1.54, 1.807) is 24.5 Å². The number of sulfonamides is 1. The molecule has 0 bridgehead atoms. The van der Waals surface area contributed by atoms with Gasteiger partial charge in [-0.05, 0) is 48.9 Å². The number of rotatable bonds is 6. The van der Waals surface area contributed by atoms with E-state index in [0.717, 1.165) is 10.4 Å². The maximum atomic E-state index is 13.7. The summed E-state index contributed by atoms with van der Waals surface area (Å²) in [6, 6.07) is 14.5. The first-order chi connectivity index (χ1) is 12.9. The summed E-state index contributed by atoms with van der Waals surface area (Å²) in [5.41, 5.74) is 1.28. The summed E-state index contributed by atoms with van der Waals surface area (Å²) in [4.78, 5) is 15.4. The monoisotopic (exact) mass is 384 g/mol. The molecule has 0 radical (unpaired) electrons. The molecule has 5 nitrogen and oxygen atoms in total. The van der Waals surface area contributed by atoms with Crippen molar-refractivity contribution in [1.82, 2.24) is 4.98 Å². The molecule has 138 valence electrons. The zero-order valence-electron chi connectivity index (χ0n) is 14.5. The zero-order valence-corrected chi connectivity index (χ0v) is 15.4. The third-order valence-corrected chi connectivity index (χ3v) is 5.78. The minimum Gasteiger partial charge on any atom is -0.295 e. The van der Waals surface area contributed by atoms with E-state index >= 15 is 0 Å². The van der Waals surface area contributed by atoms with E-state index in [1.165, 1.54) is 49.4 Å². The number of carbonyl (C=O) groups excluding carboxylic acids is 1. The van der Waals surface area contributed by atoms with Crippen LogP contribution in [0.5, 0.6) is 0 Å². The molecule has 0 amide bonds. The summed E-state index contributed by atoms with van der Waals surface area (Å²) in [5.74, 6) is -0.692. The predicted molar refractivity (Wildman–Crippen MR) is 100 cm³/mol. The fraction of sp³-hybridized carbons (Fsp3) is 0.100. The van der Waals surface area contributed by atoms with Crippen molar-refractivity contribution in [1.29, 1.82) is 0 Å². The van der Waals surface area contributed by atoms with Gasteiger partial charge in [-0.1, -0.05) is 24.3 Å². The summed E-state index contributed by atoms with van der Waals surface area (Å²) in [7, 11) is -3.98. The lowest BCUT2D eigenvalue weighted by Crippen LogP contribution is -2.30. The Kier molecular flexibility index (Phi) is 5.32. The first kappa shape index (κ1) is 18.7. The average molecular weight is 384 g/mol. The van der Waals surface area contributed by atoms with Crippen LogP contribution < -0.4 is 4.31 Å². The molecule has 0 spiro atoms. The second kappa shape index (κ2) is 7.67.